The maximum atomic E-state index is 8.96. The summed E-state index contributed by atoms with van der Waals surface area (Å²) >= 11 is 10.4. The first-order chi connectivity index (χ1) is 26.9. The molecule has 6 heterocycles. The summed E-state index contributed by atoms with van der Waals surface area (Å²) in [5, 5.41) is 12.3. The molecule has 0 radical (unpaired) electrons. The van der Waals surface area contributed by atoms with Crippen LogP contribution in [0.2, 0.25) is 0 Å². The third kappa shape index (κ3) is 7.89. The zero-order valence-electron chi connectivity index (χ0n) is 30.0. The minimum absolute atomic E-state index is 0.206. The topological polar surface area (TPSA) is 117 Å². The van der Waals surface area contributed by atoms with Crippen LogP contribution in [0.4, 0.5) is 5.82 Å². The number of halogens is 3. The first kappa shape index (κ1) is 36.3. The van der Waals surface area contributed by atoms with Crippen molar-refractivity contribution in [1.82, 2.24) is 28.7 Å². The number of aliphatic hydroxyl groups excluding tert-OH is 1. The van der Waals surface area contributed by atoms with E-state index < -0.39 is 0 Å². The molecule has 2 aliphatic heterocycles. The number of imidazole rings is 2. The highest BCUT2D eigenvalue weighted by molar-refractivity contribution is 9.11. The molecule has 0 atom stereocenters. The van der Waals surface area contributed by atoms with Crippen LogP contribution in [0.5, 0.6) is 0 Å². The van der Waals surface area contributed by atoms with Gasteiger partial charge in [0.1, 0.15) is 9.21 Å². The largest absolute Gasteiger partial charge is 0.396 e. The summed E-state index contributed by atoms with van der Waals surface area (Å²) in [7, 11) is 0. The van der Waals surface area contributed by atoms with Gasteiger partial charge in [-0.2, -0.15) is 0 Å². The number of anilines is 1. The van der Waals surface area contributed by atoms with Crippen LogP contribution in [0.3, 0.4) is 0 Å². The van der Waals surface area contributed by atoms with Crippen LogP contribution in [-0.4, -0.2) is 58.4 Å². The SMILES string of the molecule is Brc1cn2c(-c3ccc(C4=CN=C(C5CC5)C4)cc3)cnc2c(Br)n1.OCCCCNc1nc(Br)cn2c(-c3ccc(C4=CN=C(C5CC5)C4)cc3)cnc12. The molecule has 2 aromatic carbocycles. The number of nitrogens with zero attached hydrogens (tertiary/aromatic N) is 8. The van der Waals surface area contributed by atoms with E-state index in [9.17, 15) is 0 Å². The van der Waals surface area contributed by atoms with Gasteiger partial charge in [-0.25, -0.2) is 19.9 Å². The number of fused-ring (bicyclic) bond motifs is 2. The molecule has 0 amide bonds. The van der Waals surface area contributed by atoms with Crippen molar-refractivity contribution in [3.63, 3.8) is 0 Å². The second kappa shape index (κ2) is 15.7. The molecule has 4 aliphatic rings. The van der Waals surface area contributed by atoms with E-state index in [1.807, 2.05) is 41.6 Å². The maximum Gasteiger partial charge on any atom is 0.180 e. The molecule has 0 bridgehead atoms. The molecule has 0 unspecified atom stereocenters. The predicted octanol–water partition coefficient (Wildman–Crippen LogP) is 10.5. The summed E-state index contributed by atoms with van der Waals surface area (Å²) in [5.41, 5.74) is 13.7. The van der Waals surface area contributed by atoms with Crippen molar-refractivity contribution in [1.29, 1.82) is 0 Å². The fourth-order valence-corrected chi connectivity index (χ4v) is 8.65. The highest BCUT2D eigenvalue weighted by Crippen LogP contribution is 2.39. The summed E-state index contributed by atoms with van der Waals surface area (Å²) in [4.78, 5) is 27.2. The van der Waals surface area contributed by atoms with Crippen molar-refractivity contribution in [3.05, 3.63) is 111 Å². The Bertz CT molecular complexity index is 2530. The third-order valence-electron chi connectivity index (χ3n) is 10.5. The van der Waals surface area contributed by atoms with Crippen molar-refractivity contribution in [2.45, 2.75) is 51.4 Å². The molecule has 0 saturated heterocycles. The molecule has 2 N–H and O–H groups in total. The number of allylic oxidation sites excluding steroid dienone is 2. The van der Waals surface area contributed by atoms with Gasteiger partial charge in [0.05, 0.1) is 23.8 Å². The number of unbranched alkanes of at least 4 members (excludes halogenated alkanes) is 1. The number of hydrogen-bond acceptors (Lipinski definition) is 8. The van der Waals surface area contributed by atoms with Crippen LogP contribution >= 0.6 is 47.8 Å². The smallest absolute Gasteiger partial charge is 0.180 e. The van der Waals surface area contributed by atoms with E-state index in [-0.39, 0.29) is 6.61 Å². The molecule has 2 aliphatic carbocycles. The van der Waals surface area contributed by atoms with Crippen LogP contribution < -0.4 is 5.32 Å². The number of aliphatic hydroxyl groups is 1. The van der Waals surface area contributed by atoms with Crippen LogP contribution in [-0.2, 0) is 0 Å². The average molecular weight is 925 g/mol. The lowest BCUT2D eigenvalue weighted by Crippen LogP contribution is -2.06. The zero-order chi connectivity index (χ0) is 37.5. The van der Waals surface area contributed by atoms with E-state index in [1.165, 1.54) is 59.4 Å². The number of rotatable bonds is 11. The number of hydrogen-bond donors (Lipinski definition) is 2. The molecule has 13 heteroatoms. The van der Waals surface area contributed by atoms with Crippen LogP contribution in [0.25, 0.3) is 45.0 Å². The van der Waals surface area contributed by atoms with E-state index in [2.05, 4.69) is 136 Å². The summed E-state index contributed by atoms with van der Waals surface area (Å²) in [6.07, 6.45) is 20.6. The Morgan fingerprint density at radius 1 is 0.636 bits per heavy atom. The highest BCUT2D eigenvalue weighted by Gasteiger charge is 2.30. The first-order valence-corrected chi connectivity index (χ1v) is 21.1. The maximum absolute atomic E-state index is 8.96. The molecule has 4 aromatic heterocycles. The number of nitrogens with one attached hydrogen (secondary N) is 1. The van der Waals surface area contributed by atoms with Crippen LogP contribution in [0.1, 0.15) is 62.5 Å². The highest BCUT2D eigenvalue weighted by atomic mass is 79.9. The molecule has 2 saturated carbocycles. The minimum atomic E-state index is 0.206. The van der Waals surface area contributed by atoms with E-state index in [4.69, 9.17) is 5.11 Å². The van der Waals surface area contributed by atoms with Crippen LogP contribution in [0.15, 0.2) is 110 Å². The Kier molecular flexibility index (Phi) is 10.4. The molecule has 10 rings (SSSR count). The summed E-state index contributed by atoms with van der Waals surface area (Å²) < 4.78 is 6.34. The van der Waals surface area contributed by atoms with E-state index in [1.54, 1.807) is 0 Å². The third-order valence-corrected chi connectivity index (χ3v) is 11.8. The standard InChI is InChI=1S/C23H24BrN5O.C19H14Br2N4/c24-21-14-29-20(13-27-23(29)22(28-21)25-9-1-2-10-30)17-7-3-15(4-8-17)18-11-19(26-12-18)16-5-6-16;20-17-10-25-16(9-23-19(25)18(21)24-17)13-5-1-11(2-6-13)14-7-15(22-8-14)12-3-4-12/h3-4,7-8,12-14,16,30H,1-2,5-6,9-11H2,(H,25,28);1-2,5-6,8-10,12H,3-4,7H2. The van der Waals surface area contributed by atoms with Crippen molar-refractivity contribution < 1.29 is 5.11 Å². The fourth-order valence-electron chi connectivity index (χ4n) is 7.16. The van der Waals surface area contributed by atoms with Crippen molar-refractivity contribution in [3.8, 4) is 22.5 Å². The van der Waals surface area contributed by atoms with E-state index >= 15 is 0 Å². The van der Waals surface area contributed by atoms with E-state index in [0.717, 1.165) is 97.5 Å². The first-order valence-electron chi connectivity index (χ1n) is 18.7. The molecule has 55 heavy (non-hydrogen) atoms. The molecule has 0 spiro atoms. The van der Waals surface area contributed by atoms with Gasteiger partial charge in [0.25, 0.3) is 0 Å². The normalized spacial score (nSPS) is 16.5. The van der Waals surface area contributed by atoms with Crippen LogP contribution in [0, 0.1) is 11.8 Å². The number of benzene rings is 2. The van der Waals surface area contributed by atoms with Gasteiger partial charge in [-0.15, -0.1) is 0 Å². The van der Waals surface area contributed by atoms with Crippen molar-refractivity contribution in [2.75, 3.05) is 18.5 Å². The summed E-state index contributed by atoms with van der Waals surface area (Å²) in [6.45, 7) is 0.952. The van der Waals surface area contributed by atoms with Gasteiger partial charge in [0.15, 0.2) is 21.7 Å². The number of aliphatic imine (C=N–C) groups is 2. The second-order valence-electron chi connectivity index (χ2n) is 14.4. The average Bonchev–Trinajstić information content (AvgIpc) is 3.99. The lowest BCUT2D eigenvalue weighted by molar-refractivity contribution is 0.286. The van der Waals surface area contributed by atoms with E-state index in [0.29, 0.717) is 0 Å². The van der Waals surface area contributed by atoms with Gasteiger partial charge in [-0.3, -0.25) is 18.8 Å². The Morgan fingerprint density at radius 3 is 1.65 bits per heavy atom. The van der Waals surface area contributed by atoms with Gasteiger partial charge in [0, 0.05) is 73.3 Å². The Morgan fingerprint density at radius 2 is 1.13 bits per heavy atom. The fraction of sp³-hybridized carbons (Fsp3) is 0.286. The van der Waals surface area contributed by atoms with Gasteiger partial charge in [0.2, 0.25) is 0 Å². The van der Waals surface area contributed by atoms with Crippen molar-refractivity contribution in [2.24, 2.45) is 21.8 Å². The van der Waals surface area contributed by atoms with Gasteiger partial charge in [-0.1, -0.05) is 48.5 Å². The molecule has 2 fully saturated rings. The molecule has 6 aromatic rings. The predicted molar refractivity (Wildman–Crippen MR) is 230 cm³/mol. The van der Waals surface area contributed by atoms with Gasteiger partial charge >= 0.3 is 0 Å². The van der Waals surface area contributed by atoms with Gasteiger partial charge in [-0.05, 0) is 120 Å². The Labute approximate surface area is 344 Å². The van der Waals surface area contributed by atoms with Gasteiger partial charge < -0.3 is 10.4 Å². The van der Waals surface area contributed by atoms with Crippen molar-refractivity contribution >= 4 is 87.5 Å². The lowest BCUT2D eigenvalue weighted by atomic mass is 9.99. The monoisotopic (exact) mass is 921 g/mol. The molecular formula is C42H38Br3N9O. The second-order valence-corrected chi connectivity index (χ2v) is 16.8. The Hall–Kier alpha value is -4.30. The lowest BCUT2D eigenvalue weighted by Gasteiger charge is -2.09. The summed E-state index contributed by atoms with van der Waals surface area (Å²) in [6, 6.07) is 17.3. The quantitative estimate of drug-likeness (QED) is 0.125. The zero-order valence-corrected chi connectivity index (χ0v) is 34.7. The number of aromatic nitrogens is 6. The minimum Gasteiger partial charge on any atom is -0.396 e. The molecule has 278 valence electrons. The summed E-state index contributed by atoms with van der Waals surface area (Å²) in [5.74, 6) is 2.22. The Balaban J connectivity index is 0.000000147. The molecule has 10 nitrogen and oxygen atoms in total. The molecular weight excluding hydrogens is 886 g/mol.